The van der Waals surface area contributed by atoms with E-state index in [1.165, 1.54) is 0 Å². The molecule has 17 heavy (non-hydrogen) atoms. The molecule has 0 saturated heterocycles. The lowest BCUT2D eigenvalue weighted by atomic mass is 10.2. The van der Waals surface area contributed by atoms with Crippen LogP contribution >= 0.6 is 27.7 Å². The highest BCUT2D eigenvalue weighted by molar-refractivity contribution is 9.10. The molecular formula is C13H10BrNOS. The average Bonchev–Trinajstić information content (AvgIpc) is 2.34. The SMILES string of the molecule is Cc1cc(C=O)cnc1Sc1ccc(Br)cc1. The van der Waals surface area contributed by atoms with Crippen molar-refractivity contribution in [3.05, 3.63) is 52.1 Å². The highest BCUT2D eigenvalue weighted by Crippen LogP contribution is 2.29. The van der Waals surface area contributed by atoms with E-state index in [0.717, 1.165) is 26.2 Å². The summed E-state index contributed by atoms with van der Waals surface area (Å²) in [5.74, 6) is 0. The highest BCUT2D eigenvalue weighted by atomic mass is 79.9. The molecule has 1 heterocycles. The monoisotopic (exact) mass is 307 g/mol. The Balaban J connectivity index is 2.24. The van der Waals surface area contributed by atoms with Gasteiger partial charge in [0, 0.05) is 21.1 Å². The summed E-state index contributed by atoms with van der Waals surface area (Å²) in [4.78, 5) is 16.0. The topological polar surface area (TPSA) is 30.0 Å². The van der Waals surface area contributed by atoms with E-state index in [4.69, 9.17) is 0 Å². The molecule has 1 aromatic carbocycles. The van der Waals surface area contributed by atoms with Gasteiger partial charge < -0.3 is 0 Å². The Morgan fingerprint density at radius 3 is 2.59 bits per heavy atom. The minimum Gasteiger partial charge on any atom is -0.298 e. The zero-order valence-electron chi connectivity index (χ0n) is 9.18. The van der Waals surface area contributed by atoms with E-state index >= 15 is 0 Å². The Morgan fingerprint density at radius 2 is 2.00 bits per heavy atom. The number of carbonyl (C=O) groups is 1. The molecule has 4 heteroatoms. The largest absolute Gasteiger partial charge is 0.298 e. The normalized spacial score (nSPS) is 10.2. The van der Waals surface area contributed by atoms with Crippen LogP contribution in [0.5, 0.6) is 0 Å². The van der Waals surface area contributed by atoms with E-state index in [-0.39, 0.29) is 0 Å². The number of halogens is 1. The fraction of sp³-hybridized carbons (Fsp3) is 0.0769. The zero-order chi connectivity index (χ0) is 12.3. The molecule has 0 spiro atoms. The fourth-order valence-electron chi connectivity index (χ4n) is 1.37. The first-order valence-corrected chi connectivity index (χ1v) is 6.65. The molecule has 0 radical (unpaired) electrons. The summed E-state index contributed by atoms with van der Waals surface area (Å²) >= 11 is 4.99. The van der Waals surface area contributed by atoms with Crippen LogP contribution in [0.4, 0.5) is 0 Å². The maximum atomic E-state index is 10.6. The lowest BCUT2D eigenvalue weighted by Crippen LogP contribution is -1.89. The maximum absolute atomic E-state index is 10.6. The number of hydrogen-bond donors (Lipinski definition) is 0. The molecular weight excluding hydrogens is 298 g/mol. The van der Waals surface area contributed by atoms with Gasteiger partial charge in [-0.15, -0.1) is 0 Å². The van der Waals surface area contributed by atoms with Gasteiger partial charge in [-0.25, -0.2) is 4.98 Å². The predicted molar refractivity (Wildman–Crippen MR) is 72.6 cm³/mol. The molecule has 2 aromatic rings. The van der Waals surface area contributed by atoms with Gasteiger partial charge in [-0.1, -0.05) is 27.7 Å². The number of aryl methyl sites for hydroxylation is 1. The second kappa shape index (κ2) is 5.47. The van der Waals surface area contributed by atoms with Crippen LogP contribution < -0.4 is 0 Å². The number of pyridine rings is 1. The van der Waals surface area contributed by atoms with E-state index in [9.17, 15) is 4.79 Å². The minimum atomic E-state index is 0.614. The molecule has 0 bridgehead atoms. The molecule has 0 atom stereocenters. The van der Waals surface area contributed by atoms with Crippen molar-refractivity contribution in [2.24, 2.45) is 0 Å². The molecule has 0 aliphatic carbocycles. The van der Waals surface area contributed by atoms with Crippen LogP contribution in [0.15, 0.2) is 50.9 Å². The van der Waals surface area contributed by atoms with Crippen molar-refractivity contribution in [1.82, 2.24) is 4.98 Å². The predicted octanol–water partition coefficient (Wildman–Crippen LogP) is 4.12. The Bertz CT molecular complexity index is 540. The zero-order valence-corrected chi connectivity index (χ0v) is 11.6. The molecule has 2 nitrogen and oxygen atoms in total. The smallest absolute Gasteiger partial charge is 0.151 e. The molecule has 0 fully saturated rings. The second-order valence-corrected chi connectivity index (χ2v) is 5.54. The van der Waals surface area contributed by atoms with Gasteiger partial charge in [0.2, 0.25) is 0 Å². The first-order chi connectivity index (χ1) is 8.19. The summed E-state index contributed by atoms with van der Waals surface area (Å²) in [7, 11) is 0. The van der Waals surface area contributed by atoms with Crippen LogP contribution in [-0.4, -0.2) is 11.3 Å². The first-order valence-electron chi connectivity index (χ1n) is 5.04. The van der Waals surface area contributed by atoms with Crippen molar-refractivity contribution in [3.63, 3.8) is 0 Å². The number of nitrogens with zero attached hydrogens (tertiary/aromatic N) is 1. The van der Waals surface area contributed by atoms with Crippen molar-refractivity contribution in [2.45, 2.75) is 16.8 Å². The van der Waals surface area contributed by atoms with Crippen LogP contribution in [0.1, 0.15) is 15.9 Å². The van der Waals surface area contributed by atoms with E-state index in [2.05, 4.69) is 20.9 Å². The molecule has 0 amide bonds. The summed E-state index contributed by atoms with van der Waals surface area (Å²) in [5, 5.41) is 0.929. The first kappa shape index (κ1) is 12.3. The summed E-state index contributed by atoms with van der Waals surface area (Å²) < 4.78 is 1.06. The molecule has 0 N–H and O–H groups in total. The van der Waals surface area contributed by atoms with Gasteiger partial charge in [0.25, 0.3) is 0 Å². The summed E-state index contributed by atoms with van der Waals surface area (Å²) in [6.45, 7) is 1.96. The Labute approximate surface area is 113 Å². The number of aldehydes is 1. The third-order valence-electron chi connectivity index (χ3n) is 2.22. The van der Waals surface area contributed by atoms with E-state index < -0.39 is 0 Å². The Morgan fingerprint density at radius 1 is 1.29 bits per heavy atom. The number of rotatable bonds is 3. The van der Waals surface area contributed by atoms with Gasteiger partial charge >= 0.3 is 0 Å². The van der Waals surface area contributed by atoms with E-state index in [1.54, 1.807) is 18.0 Å². The number of aromatic nitrogens is 1. The number of hydrogen-bond acceptors (Lipinski definition) is 3. The summed E-state index contributed by atoms with van der Waals surface area (Å²) in [6, 6.07) is 9.91. The van der Waals surface area contributed by atoms with Crippen molar-refractivity contribution >= 4 is 34.0 Å². The molecule has 0 unspecified atom stereocenters. The third-order valence-corrected chi connectivity index (χ3v) is 3.87. The van der Waals surface area contributed by atoms with Crippen LogP contribution in [0.25, 0.3) is 0 Å². The third kappa shape index (κ3) is 3.17. The van der Waals surface area contributed by atoms with Gasteiger partial charge in [0.15, 0.2) is 6.29 Å². The quantitative estimate of drug-likeness (QED) is 0.799. The molecule has 86 valence electrons. The van der Waals surface area contributed by atoms with Gasteiger partial charge in [0.05, 0.1) is 0 Å². The lowest BCUT2D eigenvalue weighted by Gasteiger charge is -2.05. The molecule has 0 saturated carbocycles. The van der Waals surface area contributed by atoms with Crippen molar-refractivity contribution in [2.75, 3.05) is 0 Å². The van der Waals surface area contributed by atoms with Gasteiger partial charge in [-0.2, -0.15) is 0 Å². The molecule has 0 aliphatic heterocycles. The molecule has 0 aliphatic rings. The highest BCUT2D eigenvalue weighted by Gasteiger charge is 2.04. The number of carbonyl (C=O) groups excluding carboxylic acids is 1. The number of benzene rings is 1. The van der Waals surface area contributed by atoms with Crippen LogP contribution in [0.3, 0.4) is 0 Å². The Kier molecular flexibility index (Phi) is 3.97. The van der Waals surface area contributed by atoms with Crippen LogP contribution in [0, 0.1) is 6.92 Å². The van der Waals surface area contributed by atoms with E-state index in [0.29, 0.717) is 5.56 Å². The van der Waals surface area contributed by atoms with Gasteiger partial charge in [-0.3, -0.25) is 4.79 Å². The minimum absolute atomic E-state index is 0.614. The van der Waals surface area contributed by atoms with Crippen LogP contribution in [-0.2, 0) is 0 Å². The second-order valence-electron chi connectivity index (χ2n) is 3.56. The Hall–Kier alpha value is -1.13. The average molecular weight is 308 g/mol. The summed E-state index contributed by atoms with van der Waals surface area (Å²) in [6.07, 6.45) is 2.41. The van der Waals surface area contributed by atoms with E-state index in [1.807, 2.05) is 37.3 Å². The van der Waals surface area contributed by atoms with Gasteiger partial charge in [0.1, 0.15) is 5.03 Å². The van der Waals surface area contributed by atoms with Crippen molar-refractivity contribution in [3.8, 4) is 0 Å². The van der Waals surface area contributed by atoms with Crippen LogP contribution in [0.2, 0.25) is 0 Å². The molecule has 2 rings (SSSR count). The fourth-order valence-corrected chi connectivity index (χ4v) is 2.45. The van der Waals surface area contributed by atoms with Crippen molar-refractivity contribution < 1.29 is 4.79 Å². The summed E-state index contributed by atoms with van der Waals surface area (Å²) in [5.41, 5.74) is 1.63. The van der Waals surface area contributed by atoms with Crippen molar-refractivity contribution in [1.29, 1.82) is 0 Å². The standard InChI is InChI=1S/C13H10BrNOS/c1-9-6-10(8-16)7-15-13(9)17-12-4-2-11(14)3-5-12/h2-8H,1H3. The molecule has 1 aromatic heterocycles. The van der Waals surface area contributed by atoms with Gasteiger partial charge in [-0.05, 0) is 42.8 Å². The maximum Gasteiger partial charge on any atom is 0.151 e. The lowest BCUT2D eigenvalue weighted by molar-refractivity contribution is 0.112.